The van der Waals surface area contributed by atoms with Gasteiger partial charge in [-0.15, -0.1) is 0 Å². The lowest BCUT2D eigenvalue weighted by molar-refractivity contribution is 0.0994. The van der Waals surface area contributed by atoms with Crippen LogP contribution >= 0.6 is 11.6 Å². The van der Waals surface area contributed by atoms with E-state index in [0.717, 1.165) is 0 Å². The molecular formula is C13H12ClN3O. The molecule has 0 atom stereocenters. The first-order chi connectivity index (χ1) is 8.59. The Morgan fingerprint density at radius 2 is 2.17 bits per heavy atom. The molecule has 0 radical (unpaired) electrons. The summed E-state index contributed by atoms with van der Waals surface area (Å²) in [5, 5.41) is 0.507. The zero-order chi connectivity index (χ0) is 13.1. The van der Waals surface area contributed by atoms with Crippen molar-refractivity contribution in [3.63, 3.8) is 0 Å². The number of halogens is 1. The molecule has 2 N–H and O–H groups in total. The summed E-state index contributed by atoms with van der Waals surface area (Å²) in [5.74, 6) is -0.197. The molecule has 0 spiro atoms. The van der Waals surface area contributed by atoms with Gasteiger partial charge in [-0.3, -0.25) is 9.78 Å². The summed E-state index contributed by atoms with van der Waals surface area (Å²) in [4.78, 5) is 17.7. The summed E-state index contributed by atoms with van der Waals surface area (Å²) < 4.78 is 0. The number of amides is 1. The molecule has 18 heavy (non-hydrogen) atoms. The van der Waals surface area contributed by atoms with Crippen LogP contribution in [0.3, 0.4) is 0 Å². The second-order valence-electron chi connectivity index (χ2n) is 3.81. The van der Waals surface area contributed by atoms with Crippen molar-refractivity contribution in [3.05, 3.63) is 53.3 Å². The van der Waals surface area contributed by atoms with Crippen molar-refractivity contribution in [2.45, 2.75) is 0 Å². The number of anilines is 2. The molecule has 0 unspecified atom stereocenters. The Morgan fingerprint density at radius 3 is 2.78 bits per heavy atom. The van der Waals surface area contributed by atoms with Crippen LogP contribution in [-0.4, -0.2) is 17.9 Å². The van der Waals surface area contributed by atoms with Crippen LogP contribution in [0, 0.1) is 0 Å². The van der Waals surface area contributed by atoms with Gasteiger partial charge in [0.25, 0.3) is 5.91 Å². The quantitative estimate of drug-likeness (QED) is 0.846. The molecule has 0 saturated carbocycles. The number of nitrogen functional groups attached to an aromatic ring is 1. The summed E-state index contributed by atoms with van der Waals surface area (Å²) in [6, 6.07) is 8.39. The fourth-order valence-corrected chi connectivity index (χ4v) is 1.76. The Balaban J connectivity index is 2.32. The van der Waals surface area contributed by atoms with Gasteiger partial charge in [0.2, 0.25) is 0 Å². The smallest absolute Gasteiger partial charge is 0.260 e. The molecule has 1 aromatic heterocycles. The molecule has 0 bridgehead atoms. The molecule has 2 aromatic rings. The van der Waals surface area contributed by atoms with Gasteiger partial charge in [0.05, 0.1) is 17.4 Å². The molecule has 4 nitrogen and oxygen atoms in total. The minimum atomic E-state index is -0.197. The number of hydrogen-bond acceptors (Lipinski definition) is 3. The van der Waals surface area contributed by atoms with E-state index in [9.17, 15) is 4.79 Å². The number of aromatic nitrogens is 1. The highest BCUT2D eigenvalue weighted by Gasteiger charge is 2.16. The summed E-state index contributed by atoms with van der Waals surface area (Å²) >= 11 is 5.80. The monoisotopic (exact) mass is 261 g/mol. The lowest BCUT2D eigenvalue weighted by Gasteiger charge is -2.17. The first kappa shape index (κ1) is 12.4. The molecular weight excluding hydrogens is 250 g/mol. The highest BCUT2D eigenvalue weighted by atomic mass is 35.5. The predicted molar refractivity (Wildman–Crippen MR) is 72.8 cm³/mol. The van der Waals surface area contributed by atoms with Crippen LogP contribution in [0.4, 0.5) is 11.4 Å². The van der Waals surface area contributed by atoms with Crippen LogP contribution in [0.25, 0.3) is 0 Å². The Morgan fingerprint density at radius 1 is 1.39 bits per heavy atom. The average Bonchev–Trinajstić information content (AvgIpc) is 2.38. The number of nitrogens with two attached hydrogens (primary N) is 1. The third kappa shape index (κ3) is 2.43. The van der Waals surface area contributed by atoms with Crippen molar-refractivity contribution in [1.29, 1.82) is 0 Å². The number of carbonyl (C=O) groups is 1. The van der Waals surface area contributed by atoms with E-state index in [0.29, 0.717) is 22.0 Å². The molecule has 5 heteroatoms. The van der Waals surface area contributed by atoms with Crippen molar-refractivity contribution in [1.82, 2.24) is 4.98 Å². The summed E-state index contributed by atoms with van der Waals surface area (Å²) in [7, 11) is 1.67. The second-order valence-corrected chi connectivity index (χ2v) is 4.24. The van der Waals surface area contributed by atoms with Crippen LogP contribution < -0.4 is 10.6 Å². The van der Waals surface area contributed by atoms with Crippen molar-refractivity contribution in [3.8, 4) is 0 Å². The van der Waals surface area contributed by atoms with Crippen molar-refractivity contribution >= 4 is 28.9 Å². The summed E-state index contributed by atoms with van der Waals surface area (Å²) in [6.07, 6.45) is 3.27. The number of benzene rings is 1. The fourth-order valence-electron chi connectivity index (χ4n) is 1.58. The summed E-state index contributed by atoms with van der Waals surface area (Å²) in [5.41, 5.74) is 7.28. The van der Waals surface area contributed by atoms with E-state index < -0.39 is 0 Å². The summed E-state index contributed by atoms with van der Waals surface area (Å²) in [6.45, 7) is 0. The van der Waals surface area contributed by atoms with E-state index in [1.165, 1.54) is 4.90 Å². The van der Waals surface area contributed by atoms with E-state index in [1.54, 1.807) is 49.8 Å². The SMILES string of the molecule is CN(C(=O)c1ccc(Cl)cc1N)c1cccnc1. The van der Waals surface area contributed by atoms with Gasteiger partial charge in [-0.05, 0) is 30.3 Å². The van der Waals surface area contributed by atoms with E-state index in [-0.39, 0.29) is 5.91 Å². The second kappa shape index (κ2) is 5.06. The number of nitrogens with zero attached hydrogens (tertiary/aromatic N) is 2. The molecule has 0 aliphatic heterocycles. The molecule has 1 heterocycles. The Bertz CT molecular complexity index is 572. The maximum absolute atomic E-state index is 12.3. The van der Waals surface area contributed by atoms with Gasteiger partial charge in [-0.25, -0.2) is 0 Å². The van der Waals surface area contributed by atoms with Crippen LogP contribution in [0.2, 0.25) is 5.02 Å². The van der Waals surface area contributed by atoms with Crippen molar-refractivity contribution < 1.29 is 4.79 Å². The van der Waals surface area contributed by atoms with Gasteiger partial charge in [0, 0.05) is 24.0 Å². The highest BCUT2D eigenvalue weighted by Crippen LogP contribution is 2.21. The maximum Gasteiger partial charge on any atom is 0.260 e. The maximum atomic E-state index is 12.3. The third-order valence-corrected chi connectivity index (χ3v) is 2.82. The van der Waals surface area contributed by atoms with Gasteiger partial charge in [0.15, 0.2) is 0 Å². The van der Waals surface area contributed by atoms with Crippen LogP contribution in [-0.2, 0) is 0 Å². The molecule has 0 fully saturated rings. The molecule has 2 rings (SSSR count). The first-order valence-corrected chi connectivity index (χ1v) is 5.70. The Hall–Kier alpha value is -2.07. The van der Waals surface area contributed by atoms with E-state index in [4.69, 9.17) is 17.3 Å². The topological polar surface area (TPSA) is 59.2 Å². The predicted octanol–water partition coefficient (Wildman–Crippen LogP) is 2.59. The lowest BCUT2D eigenvalue weighted by Crippen LogP contribution is -2.27. The minimum Gasteiger partial charge on any atom is -0.398 e. The molecule has 92 valence electrons. The molecule has 1 amide bonds. The normalized spacial score (nSPS) is 10.1. The van der Waals surface area contributed by atoms with E-state index in [2.05, 4.69) is 4.98 Å². The van der Waals surface area contributed by atoms with Crippen molar-refractivity contribution in [2.24, 2.45) is 0 Å². The lowest BCUT2D eigenvalue weighted by atomic mass is 10.1. The molecule has 1 aromatic carbocycles. The zero-order valence-corrected chi connectivity index (χ0v) is 10.6. The van der Waals surface area contributed by atoms with Gasteiger partial charge in [0.1, 0.15) is 0 Å². The van der Waals surface area contributed by atoms with Gasteiger partial charge >= 0.3 is 0 Å². The minimum absolute atomic E-state index is 0.197. The standard InChI is InChI=1S/C13H12ClN3O/c1-17(10-3-2-6-16-8-10)13(18)11-5-4-9(14)7-12(11)15/h2-8H,15H2,1H3. The number of rotatable bonds is 2. The fraction of sp³-hybridized carbons (Fsp3) is 0.0769. The molecule has 0 aliphatic rings. The molecule has 0 saturated heterocycles. The van der Waals surface area contributed by atoms with E-state index in [1.807, 2.05) is 0 Å². The van der Waals surface area contributed by atoms with Crippen molar-refractivity contribution in [2.75, 3.05) is 17.7 Å². The highest BCUT2D eigenvalue weighted by molar-refractivity contribution is 6.31. The molecule has 0 aliphatic carbocycles. The van der Waals surface area contributed by atoms with Crippen LogP contribution in [0.15, 0.2) is 42.7 Å². The Labute approximate surface area is 110 Å². The zero-order valence-electron chi connectivity index (χ0n) is 9.80. The Kier molecular flexibility index (Phi) is 3.48. The first-order valence-electron chi connectivity index (χ1n) is 5.32. The number of hydrogen-bond donors (Lipinski definition) is 1. The van der Waals surface area contributed by atoms with E-state index >= 15 is 0 Å². The largest absolute Gasteiger partial charge is 0.398 e. The van der Waals surface area contributed by atoms with Gasteiger partial charge in [-0.1, -0.05) is 11.6 Å². The number of carbonyl (C=O) groups excluding carboxylic acids is 1. The van der Waals surface area contributed by atoms with Gasteiger partial charge < -0.3 is 10.6 Å². The average molecular weight is 262 g/mol. The van der Waals surface area contributed by atoms with Gasteiger partial charge in [-0.2, -0.15) is 0 Å². The number of pyridine rings is 1. The van der Waals surface area contributed by atoms with Crippen LogP contribution in [0.1, 0.15) is 10.4 Å². The van der Waals surface area contributed by atoms with Crippen LogP contribution in [0.5, 0.6) is 0 Å². The third-order valence-electron chi connectivity index (χ3n) is 2.58.